The van der Waals surface area contributed by atoms with Gasteiger partial charge in [0.15, 0.2) is 0 Å². The number of hydrogen-bond donors (Lipinski definition) is 2. The molecule has 2 heterocycles. The summed E-state index contributed by atoms with van der Waals surface area (Å²) in [4.78, 5) is 6.81. The van der Waals surface area contributed by atoms with Crippen molar-refractivity contribution in [2.45, 2.75) is 13.0 Å². The first-order chi connectivity index (χ1) is 8.69. The van der Waals surface area contributed by atoms with Gasteiger partial charge < -0.3 is 20.1 Å². The van der Waals surface area contributed by atoms with Crippen LogP contribution in [0, 0.1) is 3.57 Å². The average Bonchev–Trinajstić information content (AvgIpc) is 2.39. The van der Waals surface area contributed by atoms with Crippen LogP contribution in [0.5, 0.6) is 0 Å². The van der Waals surface area contributed by atoms with E-state index in [1.807, 2.05) is 13.0 Å². The van der Waals surface area contributed by atoms with Gasteiger partial charge in [0.25, 0.3) is 0 Å². The van der Waals surface area contributed by atoms with Crippen LogP contribution in [-0.4, -0.2) is 49.0 Å². The fourth-order valence-electron chi connectivity index (χ4n) is 1.81. The first-order valence-electron chi connectivity index (χ1n) is 6.06. The van der Waals surface area contributed by atoms with Crippen molar-refractivity contribution in [3.8, 4) is 0 Å². The van der Waals surface area contributed by atoms with Gasteiger partial charge in [-0.1, -0.05) is 0 Å². The van der Waals surface area contributed by atoms with Gasteiger partial charge in [-0.15, -0.1) is 0 Å². The highest BCUT2D eigenvalue weighted by Gasteiger charge is 2.14. The zero-order valence-electron chi connectivity index (χ0n) is 10.4. The molecule has 5 nitrogen and oxygen atoms in total. The zero-order chi connectivity index (χ0) is 13.0. The Morgan fingerprint density at radius 2 is 2.22 bits per heavy atom. The maximum absolute atomic E-state index is 9.06. The molecule has 0 bridgehead atoms. The maximum Gasteiger partial charge on any atom is 0.132 e. The summed E-state index contributed by atoms with van der Waals surface area (Å²) in [6.07, 6.45) is 0. The largest absolute Gasteiger partial charge is 0.394 e. The summed E-state index contributed by atoms with van der Waals surface area (Å²) in [7, 11) is 0. The number of morpholine rings is 1. The summed E-state index contributed by atoms with van der Waals surface area (Å²) in [6.45, 7) is 5.28. The van der Waals surface area contributed by atoms with E-state index in [4.69, 9.17) is 9.84 Å². The fourth-order valence-corrected chi connectivity index (χ4v) is 2.38. The second-order valence-corrected chi connectivity index (χ2v) is 5.60. The van der Waals surface area contributed by atoms with Gasteiger partial charge in [-0.05, 0) is 41.6 Å². The Labute approximate surface area is 121 Å². The molecular formula is C12H18IN3O2. The Morgan fingerprint density at radius 1 is 1.50 bits per heavy atom. The van der Waals surface area contributed by atoms with Gasteiger partial charge >= 0.3 is 0 Å². The number of halogens is 1. The lowest BCUT2D eigenvalue weighted by Gasteiger charge is -2.28. The molecule has 1 aromatic rings. The molecule has 1 aliphatic rings. The molecule has 0 spiro atoms. The molecule has 1 aliphatic heterocycles. The van der Waals surface area contributed by atoms with Crippen molar-refractivity contribution in [1.82, 2.24) is 4.98 Å². The van der Waals surface area contributed by atoms with Crippen molar-refractivity contribution >= 4 is 34.2 Å². The van der Waals surface area contributed by atoms with Crippen molar-refractivity contribution in [2.24, 2.45) is 0 Å². The Balaban J connectivity index is 2.14. The zero-order valence-corrected chi connectivity index (χ0v) is 12.6. The minimum atomic E-state index is 0.00763. The van der Waals surface area contributed by atoms with Gasteiger partial charge in [0.2, 0.25) is 0 Å². The Bertz CT molecular complexity index is 397. The van der Waals surface area contributed by atoms with E-state index in [1.54, 1.807) is 0 Å². The van der Waals surface area contributed by atoms with Crippen LogP contribution in [0.4, 0.5) is 11.6 Å². The molecule has 0 radical (unpaired) electrons. The maximum atomic E-state index is 9.06. The van der Waals surface area contributed by atoms with Crippen molar-refractivity contribution in [3.63, 3.8) is 0 Å². The van der Waals surface area contributed by atoms with Gasteiger partial charge in [0.1, 0.15) is 11.6 Å². The number of aliphatic hydroxyl groups is 1. The van der Waals surface area contributed by atoms with Crippen LogP contribution in [0.25, 0.3) is 0 Å². The highest BCUT2D eigenvalue weighted by molar-refractivity contribution is 14.1. The first kappa shape index (κ1) is 13.8. The van der Waals surface area contributed by atoms with Crippen LogP contribution in [-0.2, 0) is 4.74 Å². The molecule has 100 valence electrons. The van der Waals surface area contributed by atoms with Crippen LogP contribution in [0.1, 0.15) is 6.92 Å². The van der Waals surface area contributed by atoms with E-state index in [9.17, 15) is 0 Å². The van der Waals surface area contributed by atoms with E-state index < -0.39 is 0 Å². The van der Waals surface area contributed by atoms with Crippen LogP contribution in [0.2, 0.25) is 0 Å². The number of ether oxygens (including phenoxy) is 1. The van der Waals surface area contributed by atoms with Crippen molar-refractivity contribution in [3.05, 3.63) is 15.7 Å². The number of anilines is 2. The average molecular weight is 363 g/mol. The lowest BCUT2D eigenvalue weighted by molar-refractivity contribution is 0.122. The topological polar surface area (TPSA) is 57.6 Å². The third-order valence-corrected chi connectivity index (χ3v) is 3.40. The van der Waals surface area contributed by atoms with E-state index in [0.29, 0.717) is 0 Å². The van der Waals surface area contributed by atoms with Gasteiger partial charge in [0, 0.05) is 22.7 Å². The highest BCUT2D eigenvalue weighted by atomic mass is 127. The normalized spacial score (nSPS) is 17.6. The number of rotatable bonds is 4. The minimum Gasteiger partial charge on any atom is -0.394 e. The van der Waals surface area contributed by atoms with E-state index in [-0.39, 0.29) is 12.6 Å². The van der Waals surface area contributed by atoms with Crippen molar-refractivity contribution < 1.29 is 9.84 Å². The monoisotopic (exact) mass is 363 g/mol. The minimum absolute atomic E-state index is 0.00763. The number of pyridine rings is 1. The van der Waals surface area contributed by atoms with Crippen LogP contribution in [0.15, 0.2) is 12.1 Å². The quantitative estimate of drug-likeness (QED) is 0.791. The second-order valence-electron chi connectivity index (χ2n) is 4.36. The molecule has 2 rings (SSSR count). The summed E-state index contributed by atoms with van der Waals surface area (Å²) >= 11 is 2.29. The highest BCUT2D eigenvalue weighted by Crippen LogP contribution is 2.20. The van der Waals surface area contributed by atoms with Gasteiger partial charge in [-0.3, -0.25) is 0 Å². The Hall–Kier alpha value is -0.600. The number of hydrogen-bond acceptors (Lipinski definition) is 5. The molecule has 0 aromatic carbocycles. The SMILES string of the molecule is CC(CO)Nc1cc(I)cc(N2CCOCC2)n1. The lowest BCUT2D eigenvalue weighted by Crippen LogP contribution is -2.37. The van der Waals surface area contributed by atoms with E-state index >= 15 is 0 Å². The predicted molar refractivity (Wildman–Crippen MR) is 80.2 cm³/mol. The summed E-state index contributed by atoms with van der Waals surface area (Å²) in [6, 6.07) is 4.06. The van der Waals surface area contributed by atoms with Crippen molar-refractivity contribution in [1.29, 1.82) is 0 Å². The van der Waals surface area contributed by atoms with Crippen molar-refractivity contribution in [2.75, 3.05) is 43.1 Å². The molecule has 0 aliphatic carbocycles. The molecular weight excluding hydrogens is 345 g/mol. The third kappa shape index (κ3) is 3.69. The molecule has 0 saturated carbocycles. The molecule has 18 heavy (non-hydrogen) atoms. The van der Waals surface area contributed by atoms with E-state index in [0.717, 1.165) is 41.5 Å². The van der Waals surface area contributed by atoms with Crippen LogP contribution < -0.4 is 10.2 Å². The summed E-state index contributed by atoms with van der Waals surface area (Å²) in [5.74, 6) is 1.78. The molecule has 6 heteroatoms. The Morgan fingerprint density at radius 3 is 2.89 bits per heavy atom. The van der Waals surface area contributed by atoms with E-state index in [2.05, 4.69) is 43.9 Å². The summed E-state index contributed by atoms with van der Waals surface area (Å²) in [5.41, 5.74) is 0. The molecule has 1 atom stereocenters. The molecule has 0 amide bonds. The van der Waals surface area contributed by atoms with E-state index in [1.165, 1.54) is 0 Å². The Kier molecular flexibility index (Phi) is 5.02. The molecule has 1 saturated heterocycles. The van der Waals surface area contributed by atoms with Crippen LogP contribution >= 0.6 is 22.6 Å². The summed E-state index contributed by atoms with van der Waals surface area (Å²) < 4.78 is 6.48. The third-order valence-electron chi connectivity index (χ3n) is 2.78. The number of nitrogens with one attached hydrogen (secondary N) is 1. The number of aliphatic hydroxyl groups excluding tert-OH is 1. The molecule has 1 aromatic heterocycles. The van der Waals surface area contributed by atoms with Gasteiger partial charge in [-0.2, -0.15) is 0 Å². The first-order valence-corrected chi connectivity index (χ1v) is 7.14. The lowest BCUT2D eigenvalue weighted by atomic mass is 10.3. The number of aromatic nitrogens is 1. The number of nitrogens with zero attached hydrogens (tertiary/aromatic N) is 2. The second kappa shape index (κ2) is 6.53. The smallest absolute Gasteiger partial charge is 0.132 e. The summed E-state index contributed by atoms with van der Waals surface area (Å²) in [5, 5.41) is 12.3. The molecule has 1 fully saturated rings. The van der Waals surface area contributed by atoms with Gasteiger partial charge in [-0.25, -0.2) is 4.98 Å². The van der Waals surface area contributed by atoms with Crippen LogP contribution in [0.3, 0.4) is 0 Å². The standard InChI is InChI=1S/C12H18IN3O2/c1-9(8-17)14-11-6-10(13)7-12(15-11)16-2-4-18-5-3-16/h6-7,9,17H,2-5,8H2,1H3,(H,14,15). The molecule has 1 unspecified atom stereocenters. The fraction of sp³-hybridized carbons (Fsp3) is 0.583. The molecule has 2 N–H and O–H groups in total. The predicted octanol–water partition coefficient (Wildman–Crippen LogP) is 1.32. The van der Waals surface area contributed by atoms with Gasteiger partial charge in [0.05, 0.1) is 19.8 Å².